The Balaban J connectivity index is 1.76. The first-order valence-electron chi connectivity index (χ1n) is 10.7. The fourth-order valence-corrected chi connectivity index (χ4v) is 4.25. The maximum atomic E-state index is 13.4. The quantitative estimate of drug-likeness (QED) is 0.345. The summed E-state index contributed by atoms with van der Waals surface area (Å²) in [5, 5.41) is 8.79. The molecule has 0 aliphatic carbocycles. The van der Waals surface area contributed by atoms with Gasteiger partial charge in [-0.15, -0.1) is 0 Å². The Kier molecular flexibility index (Phi) is 7.42. The number of fused-ring (bicyclic) bond motifs is 1. The van der Waals surface area contributed by atoms with Crippen LogP contribution >= 0.6 is 0 Å². The van der Waals surface area contributed by atoms with Gasteiger partial charge in [0.25, 0.3) is 0 Å². The number of nitrogens with zero attached hydrogens (tertiary/aromatic N) is 4. The van der Waals surface area contributed by atoms with Crippen molar-refractivity contribution in [1.29, 1.82) is 5.26 Å². The Bertz CT molecular complexity index is 972. The summed E-state index contributed by atoms with van der Waals surface area (Å²) in [4.78, 5) is 32.2. The molecule has 1 unspecified atom stereocenters. The van der Waals surface area contributed by atoms with Gasteiger partial charge in [0.15, 0.2) is 5.82 Å². The van der Waals surface area contributed by atoms with Gasteiger partial charge in [0, 0.05) is 39.1 Å². The molecule has 8 nitrogen and oxygen atoms in total. The summed E-state index contributed by atoms with van der Waals surface area (Å²) in [5.74, 6) is -0.0870. The van der Waals surface area contributed by atoms with E-state index in [9.17, 15) is 9.59 Å². The molecule has 2 aromatic rings. The molecule has 3 rings (SSSR count). The minimum atomic E-state index is -1.16. The second-order valence-corrected chi connectivity index (χ2v) is 8.00. The van der Waals surface area contributed by atoms with Crippen LogP contribution in [0.3, 0.4) is 0 Å². The maximum Gasteiger partial charge on any atom is 0.353 e. The summed E-state index contributed by atoms with van der Waals surface area (Å²) in [5.41, 5.74) is 0.593. The second-order valence-electron chi connectivity index (χ2n) is 8.00. The summed E-state index contributed by atoms with van der Waals surface area (Å²) in [6.45, 7) is 3.46. The smallest absolute Gasteiger partial charge is 0.353 e. The first kappa shape index (κ1) is 22.9. The lowest BCUT2D eigenvalue weighted by molar-refractivity contribution is -0.192. The highest BCUT2D eigenvalue weighted by Gasteiger charge is 2.43. The monoisotopic (exact) mass is 426 g/mol. The normalized spacial score (nSPS) is 17.2. The third kappa shape index (κ3) is 4.63. The number of hydrogen-bond donors (Lipinski definition) is 0. The molecule has 1 saturated heterocycles. The lowest BCUT2D eigenvalue weighted by Crippen LogP contribution is -2.57. The summed E-state index contributed by atoms with van der Waals surface area (Å²) < 4.78 is 12.4. The van der Waals surface area contributed by atoms with E-state index in [1.54, 1.807) is 6.92 Å². The number of para-hydroxylation sites is 2. The minimum Gasteiger partial charge on any atom is -0.466 e. The predicted molar refractivity (Wildman–Crippen MR) is 115 cm³/mol. The molecule has 1 aliphatic rings. The van der Waals surface area contributed by atoms with Crippen LogP contribution in [0.5, 0.6) is 0 Å². The van der Waals surface area contributed by atoms with Gasteiger partial charge in [-0.2, -0.15) is 5.26 Å². The molecule has 1 aliphatic heterocycles. The number of imidazole rings is 1. The zero-order chi connectivity index (χ0) is 22.4. The fourth-order valence-electron chi connectivity index (χ4n) is 4.25. The number of aryl methyl sites for hydroxylation is 1. The van der Waals surface area contributed by atoms with Crippen molar-refractivity contribution in [3.63, 3.8) is 0 Å². The number of nitriles is 1. The van der Waals surface area contributed by atoms with Crippen LogP contribution < -0.4 is 0 Å². The molecule has 0 amide bonds. The van der Waals surface area contributed by atoms with Crippen molar-refractivity contribution in [2.75, 3.05) is 27.3 Å². The van der Waals surface area contributed by atoms with Gasteiger partial charge in [0.1, 0.15) is 0 Å². The van der Waals surface area contributed by atoms with E-state index in [4.69, 9.17) is 14.7 Å². The summed E-state index contributed by atoms with van der Waals surface area (Å²) in [6.07, 6.45) is 3.35. The highest BCUT2D eigenvalue weighted by molar-refractivity contribution is 5.98. The molecule has 2 heterocycles. The van der Waals surface area contributed by atoms with Crippen LogP contribution in [0.15, 0.2) is 24.3 Å². The zero-order valence-corrected chi connectivity index (χ0v) is 18.5. The van der Waals surface area contributed by atoms with Crippen LogP contribution in [-0.4, -0.2) is 59.2 Å². The van der Waals surface area contributed by atoms with Gasteiger partial charge in [-0.1, -0.05) is 12.1 Å². The third-order valence-corrected chi connectivity index (χ3v) is 6.23. The molecule has 1 aromatic heterocycles. The van der Waals surface area contributed by atoms with E-state index in [0.717, 1.165) is 23.9 Å². The van der Waals surface area contributed by atoms with Gasteiger partial charge in [-0.3, -0.25) is 9.69 Å². The third-order valence-electron chi connectivity index (χ3n) is 6.23. The Morgan fingerprint density at radius 1 is 1.23 bits per heavy atom. The van der Waals surface area contributed by atoms with Crippen molar-refractivity contribution in [3.05, 3.63) is 30.1 Å². The molecular formula is C23H30N4O4. The average molecular weight is 427 g/mol. The van der Waals surface area contributed by atoms with Gasteiger partial charge in [-0.05, 0) is 44.7 Å². The zero-order valence-electron chi connectivity index (χ0n) is 18.5. The van der Waals surface area contributed by atoms with Gasteiger partial charge in [0.05, 0.1) is 24.2 Å². The van der Waals surface area contributed by atoms with Crippen molar-refractivity contribution in [2.45, 2.75) is 51.3 Å². The molecule has 0 spiro atoms. The first-order valence-corrected chi connectivity index (χ1v) is 10.7. The number of carbonyl (C=O) groups excluding carboxylic acids is 2. The van der Waals surface area contributed by atoms with E-state index in [1.807, 2.05) is 33.7 Å². The number of Topliss-reactive ketones (excluding diaryl/α,β-unsaturated/α-hetero) is 1. The number of aromatic nitrogens is 2. The Morgan fingerprint density at radius 2 is 1.94 bits per heavy atom. The Labute approximate surface area is 182 Å². The van der Waals surface area contributed by atoms with E-state index in [2.05, 4.69) is 11.1 Å². The molecule has 8 heteroatoms. The van der Waals surface area contributed by atoms with Crippen LogP contribution in [0.4, 0.5) is 0 Å². The highest BCUT2D eigenvalue weighted by Crippen LogP contribution is 2.29. The largest absolute Gasteiger partial charge is 0.466 e. The maximum absolute atomic E-state index is 13.4. The van der Waals surface area contributed by atoms with Crippen molar-refractivity contribution >= 4 is 22.8 Å². The number of ketones is 1. The Morgan fingerprint density at radius 3 is 2.58 bits per heavy atom. The molecule has 0 saturated carbocycles. The standard InChI is InChI=1S/C23H30N4O4/c1-23(31-3,22(29)30-2)26-15-11-17(12-16-26)20(28)21-25-18-9-5-6-10-19(18)27(21)14-8-4-7-13-24/h5-6,9-10,17H,4,7-8,11-12,14-16H2,1-3H3. The molecule has 1 fully saturated rings. The highest BCUT2D eigenvalue weighted by atomic mass is 16.6. The van der Waals surface area contributed by atoms with Gasteiger partial charge in [0.2, 0.25) is 11.5 Å². The van der Waals surface area contributed by atoms with Crippen molar-refractivity contribution < 1.29 is 19.1 Å². The Hall–Kier alpha value is -2.76. The fraction of sp³-hybridized carbons (Fsp3) is 0.565. The van der Waals surface area contributed by atoms with Gasteiger partial charge >= 0.3 is 5.97 Å². The van der Waals surface area contributed by atoms with Gasteiger partial charge < -0.3 is 14.0 Å². The van der Waals surface area contributed by atoms with Crippen molar-refractivity contribution in [1.82, 2.24) is 14.5 Å². The number of esters is 1. The first-order chi connectivity index (χ1) is 15.0. The van der Waals surface area contributed by atoms with Crippen LogP contribution in [0.25, 0.3) is 11.0 Å². The lowest BCUT2D eigenvalue weighted by atomic mass is 9.91. The average Bonchev–Trinajstić information content (AvgIpc) is 3.19. The molecule has 166 valence electrons. The predicted octanol–water partition coefficient (Wildman–Crippen LogP) is 3.16. The number of rotatable bonds is 9. The minimum absolute atomic E-state index is 0.0355. The number of hydrogen-bond acceptors (Lipinski definition) is 7. The molecule has 1 atom stereocenters. The van der Waals surface area contributed by atoms with E-state index in [1.165, 1.54) is 14.2 Å². The summed E-state index contributed by atoms with van der Waals surface area (Å²) >= 11 is 0. The molecule has 0 N–H and O–H groups in total. The van der Waals surface area contributed by atoms with E-state index in [-0.39, 0.29) is 11.7 Å². The molecule has 31 heavy (non-hydrogen) atoms. The topological polar surface area (TPSA) is 97.4 Å². The molecule has 0 bridgehead atoms. The van der Waals surface area contributed by atoms with Crippen LogP contribution in [0, 0.1) is 17.2 Å². The van der Waals surface area contributed by atoms with Gasteiger partial charge in [-0.25, -0.2) is 9.78 Å². The number of likely N-dealkylation sites (tertiary alicyclic amines) is 1. The van der Waals surface area contributed by atoms with Crippen LogP contribution in [0.1, 0.15) is 49.6 Å². The number of carbonyl (C=O) groups is 2. The number of unbranched alkanes of at least 4 members (excludes halogenated alkanes) is 2. The van der Waals surface area contributed by atoms with Crippen LogP contribution in [-0.2, 0) is 20.8 Å². The second kappa shape index (κ2) is 10.0. The van der Waals surface area contributed by atoms with E-state index < -0.39 is 11.7 Å². The molecule has 1 aromatic carbocycles. The number of benzene rings is 1. The van der Waals surface area contributed by atoms with Crippen molar-refractivity contribution in [2.24, 2.45) is 5.92 Å². The number of methoxy groups -OCH3 is 2. The van der Waals surface area contributed by atoms with Crippen molar-refractivity contribution in [3.8, 4) is 6.07 Å². The molecule has 0 radical (unpaired) electrons. The summed E-state index contributed by atoms with van der Waals surface area (Å²) in [6, 6.07) is 9.93. The summed E-state index contributed by atoms with van der Waals surface area (Å²) in [7, 11) is 2.83. The SMILES string of the molecule is COC(=O)C(C)(OC)N1CCC(C(=O)c2nc3ccccc3n2CCCCC#N)CC1. The van der Waals surface area contributed by atoms with E-state index >= 15 is 0 Å². The number of piperidine rings is 1. The molecular weight excluding hydrogens is 396 g/mol. The lowest BCUT2D eigenvalue weighted by Gasteiger charge is -2.41. The van der Waals surface area contributed by atoms with E-state index in [0.29, 0.717) is 44.7 Å². The van der Waals surface area contributed by atoms with Crippen LogP contribution in [0.2, 0.25) is 0 Å². The number of ether oxygens (including phenoxy) is 2.